The highest BCUT2D eigenvalue weighted by molar-refractivity contribution is 6.36. The summed E-state index contributed by atoms with van der Waals surface area (Å²) in [5.41, 5.74) is 0.912. The first-order valence-corrected chi connectivity index (χ1v) is 9.02. The molecule has 2 amide bonds. The number of carbonyl (C=O) groups is 2. The zero-order chi connectivity index (χ0) is 20.3. The Bertz CT molecular complexity index is 939. The van der Waals surface area contributed by atoms with Gasteiger partial charge in [-0.25, -0.2) is 8.78 Å². The Hall–Kier alpha value is -3.22. The summed E-state index contributed by atoms with van der Waals surface area (Å²) in [5, 5.41) is 2.78. The molecule has 0 spiro atoms. The zero-order valence-electron chi connectivity index (χ0n) is 15.6. The minimum absolute atomic E-state index is 0.0279. The molecule has 2 aromatic rings. The summed E-state index contributed by atoms with van der Waals surface area (Å²) in [6.45, 7) is 4.46. The molecule has 7 heteroatoms. The highest BCUT2D eigenvalue weighted by atomic mass is 19.2. The summed E-state index contributed by atoms with van der Waals surface area (Å²) in [6.07, 6.45) is 0.869. The number of carbonyl (C=O) groups excluding carboxylic acids is 2. The van der Waals surface area contributed by atoms with Crippen molar-refractivity contribution in [3.8, 4) is 5.75 Å². The maximum absolute atomic E-state index is 13.5. The summed E-state index contributed by atoms with van der Waals surface area (Å²) in [6, 6.07) is 10.0. The maximum atomic E-state index is 13.5. The Balaban J connectivity index is 1.99. The Morgan fingerprint density at radius 1 is 0.964 bits per heavy atom. The standard InChI is InChI=1S/C21H20F2N2O3/c1-3-11-28-15-8-5-13(6-9-15)18-19(21(27)25(4-2)20(18)26)24-14-7-10-16(22)17(23)12-14/h5-10,12,24H,3-4,11H2,1-2H3. The molecule has 0 aromatic heterocycles. The summed E-state index contributed by atoms with van der Waals surface area (Å²) in [4.78, 5) is 26.6. The first-order valence-electron chi connectivity index (χ1n) is 9.02. The van der Waals surface area contributed by atoms with Gasteiger partial charge in [-0.1, -0.05) is 19.1 Å². The zero-order valence-corrected chi connectivity index (χ0v) is 15.6. The number of nitrogens with one attached hydrogen (secondary N) is 1. The normalized spacial score (nSPS) is 14.1. The molecule has 1 aliphatic rings. The molecule has 3 rings (SSSR count). The summed E-state index contributed by atoms with van der Waals surface area (Å²) >= 11 is 0. The summed E-state index contributed by atoms with van der Waals surface area (Å²) < 4.78 is 32.2. The number of imide groups is 1. The van der Waals surface area contributed by atoms with E-state index in [2.05, 4.69) is 5.32 Å². The molecule has 0 aliphatic carbocycles. The molecular formula is C21H20F2N2O3. The number of rotatable bonds is 7. The molecule has 1 aliphatic heterocycles. The van der Waals surface area contributed by atoms with Gasteiger partial charge in [-0.05, 0) is 43.2 Å². The van der Waals surface area contributed by atoms with E-state index in [4.69, 9.17) is 4.74 Å². The molecule has 28 heavy (non-hydrogen) atoms. The largest absolute Gasteiger partial charge is 0.494 e. The molecule has 2 aromatic carbocycles. The van der Waals surface area contributed by atoms with Crippen molar-refractivity contribution in [2.24, 2.45) is 0 Å². The van der Waals surface area contributed by atoms with E-state index in [1.54, 1.807) is 31.2 Å². The van der Waals surface area contributed by atoms with Crippen LogP contribution in [0, 0.1) is 11.6 Å². The van der Waals surface area contributed by atoms with Crippen molar-refractivity contribution in [1.82, 2.24) is 4.90 Å². The second-order valence-electron chi connectivity index (χ2n) is 6.23. The van der Waals surface area contributed by atoms with Gasteiger partial charge in [-0.3, -0.25) is 14.5 Å². The van der Waals surface area contributed by atoms with Crippen LogP contribution in [0.3, 0.4) is 0 Å². The van der Waals surface area contributed by atoms with Crippen molar-refractivity contribution in [3.05, 3.63) is 65.4 Å². The van der Waals surface area contributed by atoms with E-state index in [0.29, 0.717) is 17.9 Å². The van der Waals surface area contributed by atoms with Crippen LogP contribution in [0.25, 0.3) is 5.57 Å². The molecule has 1 heterocycles. The molecule has 0 saturated heterocycles. The van der Waals surface area contributed by atoms with Crippen LogP contribution < -0.4 is 10.1 Å². The lowest BCUT2D eigenvalue weighted by Gasteiger charge is -2.12. The fourth-order valence-electron chi connectivity index (χ4n) is 2.90. The molecule has 0 bridgehead atoms. The van der Waals surface area contributed by atoms with Crippen LogP contribution in [-0.4, -0.2) is 29.9 Å². The van der Waals surface area contributed by atoms with Gasteiger partial charge < -0.3 is 10.1 Å². The van der Waals surface area contributed by atoms with Gasteiger partial charge in [0, 0.05) is 18.3 Å². The number of amides is 2. The molecule has 0 radical (unpaired) electrons. The van der Waals surface area contributed by atoms with E-state index in [1.165, 1.54) is 6.07 Å². The Morgan fingerprint density at radius 2 is 1.68 bits per heavy atom. The van der Waals surface area contributed by atoms with Gasteiger partial charge in [0.05, 0.1) is 12.2 Å². The predicted molar refractivity (Wildman–Crippen MR) is 102 cm³/mol. The molecule has 5 nitrogen and oxygen atoms in total. The highest BCUT2D eigenvalue weighted by Gasteiger charge is 2.38. The number of anilines is 1. The smallest absolute Gasteiger partial charge is 0.278 e. The van der Waals surface area contributed by atoms with Gasteiger partial charge in [-0.2, -0.15) is 0 Å². The number of ether oxygens (including phenoxy) is 1. The first kappa shape index (κ1) is 19.5. The van der Waals surface area contributed by atoms with Gasteiger partial charge in [0.25, 0.3) is 11.8 Å². The average Bonchev–Trinajstić information content (AvgIpc) is 2.93. The molecule has 146 valence electrons. The van der Waals surface area contributed by atoms with Crippen molar-refractivity contribution in [1.29, 1.82) is 0 Å². The minimum atomic E-state index is -1.05. The lowest BCUT2D eigenvalue weighted by molar-refractivity contribution is -0.136. The van der Waals surface area contributed by atoms with Crippen molar-refractivity contribution < 1.29 is 23.1 Å². The number of nitrogens with zero attached hydrogens (tertiary/aromatic N) is 1. The maximum Gasteiger partial charge on any atom is 0.278 e. The molecule has 0 atom stereocenters. The van der Waals surface area contributed by atoms with Crippen LogP contribution >= 0.6 is 0 Å². The molecule has 0 saturated carbocycles. The Labute approximate surface area is 161 Å². The number of halogens is 2. The topological polar surface area (TPSA) is 58.6 Å². The fourth-order valence-corrected chi connectivity index (χ4v) is 2.90. The van der Waals surface area contributed by atoms with Crippen LogP contribution in [0.5, 0.6) is 5.75 Å². The Morgan fingerprint density at radius 3 is 2.29 bits per heavy atom. The fraction of sp³-hybridized carbons (Fsp3) is 0.238. The monoisotopic (exact) mass is 386 g/mol. The number of likely N-dealkylation sites (N-methyl/N-ethyl adjacent to an activating group) is 1. The number of benzene rings is 2. The van der Waals surface area contributed by atoms with Crippen molar-refractivity contribution in [2.75, 3.05) is 18.5 Å². The van der Waals surface area contributed by atoms with Crippen molar-refractivity contribution in [2.45, 2.75) is 20.3 Å². The molecular weight excluding hydrogens is 366 g/mol. The van der Waals surface area contributed by atoms with Gasteiger partial charge >= 0.3 is 0 Å². The Kier molecular flexibility index (Phi) is 5.73. The first-order chi connectivity index (χ1) is 13.5. The third-order valence-electron chi connectivity index (χ3n) is 4.29. The third-order valence-corrected chi connectivity index (χ3v) is 4.29. The van der Waals surface area contributed by atoms with Gasteiger partial charge in [0.1, 0.15) is 11.4 Å². The van der Waals surface area contributed by atoms with E-state index in [1.807, 2.05) is 6.92 Å². The van der Waals surface area contributed by atoms with Crippen molar-refractivity contribution in [3.63, 3.8) is 0 Å². The van der Waals surface area contributed by atoms with E-state index < -0.39 is 23.4 Å². The SMILES string of the molecule is CCCOc1ccc(C2=C(Nc3ccc(F)c(F)c3)C(=O)N(CC)C2=O)cc1. The van der Waals surface area contributed by atoms with Crippen LogP contribution in [0.15, 0.2) is 48.2 Å². The number of hydrogen-bond acceptors (Lipinski definition) is 4. The van der Waals surface area contributed by atoms with Crippen LogP contribution in [0.2, 0.25) is 0 Å². The molecule has 0 fully saturated rings. The van der Waals surface area contributed by atoms with Crippen molar-refractivity contribution >= 4 is 23.1 Å². The quantitative estimate of drug-likeness (QED) is 0.732. The molecule has 0 unspecified atom stereocenters. The van der Waals surface area contributed by atoms with E-state index in [-0.39, 0.29) is 23.5 Å². The molecule has 1 N–H and O–H groups in total. The summed E-state index contributed by atoms with van der Waals surface area (Å²) in [5.74, 6) is -2.34. The van der Waals surface area contributed by atoms with Crippen LogP contribution in [0.4, 0.5) is 14.5 Å². The van der Waals surface area contributed by atoms with E-state index >= 15 is 0 Å². The summed E-state index contributed by atoms with van der Waals surface area (Å²) in [7, 11) is 0. The average molecular weight is 386 g/mol. The third kappa shape index (κ3) is 3.74. The predicted octanol–water partition coefficient (Wildman–Crippen LogP) is 3.97. The van der Waals surface area contributed by atoms with Crippen LogP contribution in [-0.2, 0) is 9.59 Å². The second-order valence-corrected chi connectivity index (χ2v) is 6.23. The van der Waals surface area contributed by atoms with Crippen LogP contribution in [0.1, 0.15) is 25.8 Å². The lowest BCUT2D eigenvalue weighted by Crippen LogP contribution is -2.32. The highest BCUT2D eigenvalue weighted by Crippen LogP contribution is 2.31. The van der Waals surface area contributed by atoms with E-state index in [9.17, 15) is 18.4 Å². The van der Waals surface area contributed by atoms with Gasteiger partial charge in [0.2, 0.25) is 0 Å². The second kappa shape index (κ2) is 8.21. The minimum Gasteiger partial charge on any atom is -0.494 e. The lowest BCUT2D eigenvalue weighted by atomic mass is 10.0. The van der Waals surface area contributed by atoms with Gasteiger partial charge in [0.15, 0.2) is 11.6 Å². The number of hydrogen-bond donors (Lipinski definition) is 1. The van der Waals surface area contributed by atoms with E-state index in [0.717, 1.165) is 23.5 Å². The van der Waals surface area contributed by atoms with Gasteiger partial charge in [-0.15, -0.1) is 0 Å².